The Bertz CT molecular complexity index is 883. The Hall–Kier alpha value is -3.39. The zero-order chi connectivity index (χ0) is 19.4. The lowest BCUT2D eigenvalue weighted by Gasteiger charge is -2.17. The number of para-hydroxylation sites is 1. The van der Waals surface area contributed by atoms with Crippen LogP contribution in [0.3, 0.4) is 0 Å². The first-order valence-electron chi connectivity index (χ1n) is 8.25. The SMILES string of the molecule is COc1cccc(N2C(=O)C[C@@H](NNC(=O)c3ccccc3OC)C2=O)c1. The van der Waals surface area contributed by atoms with Crippen LogP contribution in [-0.4, -0.2) is 38.0 Å². The maximum Gasteiger partial charge on any atom is 0.269 e. The van der Waals surface area contributed by atoms with E-state index in [9.17, 15) is 14.4 Å². The van der Waals surface area contributed by atoms with Crippen molar-refractivity contribution < 1.29 is 23.9 Å². The largest absolute Gasteiger partial charge is 0.497 e. The van der Waals surface area contributed by atoms with Crippen molar-refractivity contribution in [3.8, 4) is 11.5 Å². The number of hydrazine groups is 1. The first-order valence-corrected chi connectivity index (χ1v) is 8.25. The van der Waals surface area contributed by atoms with E-state index in [1.807, 2.05) is 0 Å². The average molecular weight is 369 g/mol. The highest BCUT2D eigenvalue weighted by Gasteiger charge is 2.40. The molecule has 1 heterocycles. The van der Waals surface area contributed by atoms with E-state index in [0.29, 0.717) is 22.7 Å². The molecule has 140 valence electrons. The molecule has 1 saturated heterocycles. The van der Waals surface area contributed by atoms with Gasteiger partial charge in [0.1, 0.15) is 17.5 Å². The molecule has 27 heavy (non-hydrogen) atoms. The second-order valence-electron chi connectivity index (χ2n) is 5.82. The summed E-state index contributed by atoms with van der Waals surface area (Å²) < 4.78 is 10.3. The Labute approximate surface area is 156 Å². The highest BCUT2D eigenvalue weighted by Crippen LogP contribution is 2.26. The maximum atomic E-state index is 12.6. The van der Waals surface area contributed by atoms with Gasteiger partial charge < -0.3 is 9.47 Å². The second-order valence-corrected chi connectivity index (χ2v) is 5.82. The molecular weight excluding hydrogens is 350 g/mol. The third kappa shape index (κ3) is 3.75. The van der Waals surface area contributed by atoms with E-state index in [1.54, 1.807) is 48.5 Å². The number of anilines is 1. The molecule has 0 aliphatic carbocycles. The Morgan fingerprint density at radius 3 is 2.59 bits per heavy atom. The second kappa shape index (κ2) is 7.88. The van der Waals surface area contributed by atoms with Crippen molar-refractivity contribution in [1.82, 2.24) is 10.9 Å². The van der Waals surface area contributed by atoms with E-state index < -0.39 is 17.9 Å². The predicted molar refractivity (Wildman–Crippen MR) is 97.5 cm³/mol. The van der Waals surface area contributed by atoms with Gasteiger partial charge in [-0.15, -0.1) is 0 Å². The minimum atomic E-state index is -0.859. The number of rotatable bonds is 6. The van der Waals surface area contributed by atoms with Crippen molar-refractivity contribution in [1.29, 1.82) is 0 Å². The molecule has 0 bridgehead atoms. The van der Waals surface area contributed by atoms with Crippen molar-refractivity contribution in [3.63, 3.8) is 0 Å². The summed E-state index contributed by atoms with van der Waals surface area (Å²) in [6, 6.07) is 12.5. The molecule has 3 rings (SSSR count). The molecule has 2 aromatic carbocycles. The van der Waals surface area contributed by atoms with Crippen LogP contribution in [0.2, 0.25) is 0 Å². The van der Waals surface area contributed by atoms with Gasteiger partial charge in [0.2, 0.25) is 5.91 Å². The van der Waals surface area contributed by atoms with Gasteiger partial charge in [0.15, 0.2) is 0 Å². The number of hydrogen-bond acceptors (Lipinski definition) is 6. The smallest absolute Gasteiger partial charge is 0.269 e. The van der Waals surface area contributed by atoms with Gasteiger partial charge in [-0.3, -0.25) is 19.8 Å². The molecule has 1 aliphatic rings. The minimum absolute atomic E-state index is 0.0672. The molecule has 3 amide bonds. The molecule has 0 aromatic heterocycles. The van der Waals surface area contributed by atoms with Crippen LogP contribution in [0, 0.1) is 0 Å². The van der Waals surface area contributed by atoms with Crippen molar-refractivity contribution in [2.75, 3.05) is 19.1 Å². The molecule has 1 fully saturated rings. The van der Waals surface area contributed by atoms with Crippen LogP contribution in [-0.2, 0) is 9.59 Å². The number of nitrogens with one attached hydrogen (secondary N) is 2. The number of imide groups is 1. The third-order valence-corrected chi connectivity index (χ3v) is 4.17. The van der Waals surface area contributed by atoms with E-state index in [0.717, 1.165) is 4.90 Å². The zero-order valence-electron chi connectivity index (χ0n) is 14.9. The van der Waals surface area contributed by atoms with Gasteiger partial charge in [0, 0.05) is 6.07 Å². The van der Waals surface area contributed by atoms with Gasteiger partial charge in [-0.05, 0) is 24.3 Å². The van der Waals surface area contributed by atoms with Crippen LogP contribution in [0.5, 0.6) is 11.5 Å². The number of amides is 3. The van der Waals surface area contributed by atoms with Crippen LogP contribution in [0.1, 0.15) is 16.8 Å². The average Bonchev–Trinajstić information content (AvgIpc) is 2.99. The summed E-state index contributed by atoms with van der Waals surface area (Å²) in [5.41, 5.74) is 5.84. The highest BCUT2D eigenvalue weighted by atomic mass is 16.5. The first kappa shape index (κ1) is 18.4. The summed E-state index contributed by atoms with van der Waals surface area (Å²) in [6.45, 7) is 0. The van der Waals surface area contributed by atoms with Crippen molar-refractivity contribution in [2.45, 2.75) is 12.5 Å². The van der Waals surface area contributed by atoms with Gasteiger partial charge >= 0.3 is 0 Å². The van der Waals surface area contributed by atoms with Crippen LogP contribution in [0.4, 0.5) is 5.69 Å². The lowest BCUT2D eigenvalue weighted by atomic mass is 10.2. The third-order valence-electron chi connectivity index (χ3n) is 4.17. The quantitative estimate of drug-likeness (QED) is 0.588. The number of ether oxygens (including phenoxy) is 2. The number of benzene rings is 2. The van der Waals surface area contributed by atoms with Gasteiger partial charge in [0.05, 0.1) is 31.9 Å². The van der Waals surface area contributed by atoms with Crippen LogP contribution < -0.4 is 25.2 Å². The molecule has 8 nitrogen and oxygen atoms in total. The van der Waals surface area contributed by atoms with E-state index in [1.165, 1.54) is 14.2 Å². The van der Waals surface area contributed by atoms with Crippen LogP contribution in [0.25, 0.3) is 0 Å². The molecule has 8 heteroatoms. The fourth-order valence-corrected chi connectivity index (χ4v) is 2.82. The molecule has 1 aliphatic heterocycles. The van der Waals surface area contributed by atoms with E-state index in [4.69, 9.17) is 9.47 Å². The number of methoxy groups -OCH3 is 2. The molecular formula is C19H19N3O5. The lowest BCUT2D eigenvalue weighted by Crippen LogP contribution is -2.48. The van der Waals surface area contributed by atoms with E-state index in [-0.39, 0.29) is 12.3 Å². The van der Waals surface area contributed by atoms with Gasteiger partial charge in [-0.1, -0.05) is 18.2 Å². The Balaban J connectivity index is 1.69. The van der Waals surface area contributed by atoms with E-state index >= 15 is 0 Å². The molecule has 2 N–H and O–H groups in total. The predicted octanol–water partition coefficient (Wildman–Crippen LogP) is 1.27. The summed E-state index contributed by atoms with van der Waals surface area (Å²) in [4.78, 5) is 38.3. The standard InChI is InChI=1S/C19H19N3O5/c1-26-13-7-5-6-12(10-13)22-17(23)11-15(19(22)25)20-21-18(24)14-8-3-4-9-16(14)27-2/h3-10,15,20H,11H2,1-2H3,(H,21,24)/t15-/m1/s1. The van der Waals surface area contributed by atoms with E-state index in [2.05, 4.69) is 10.9 Å². The molecule has 0 radical (unpaired) electrons. The monoisotopic (exact) mass is 369 g/mol. The number of nitrogens with zero attached hydrogens (tertiary/aromatic N) is 1. The Morgan fingerprint density at radius 1 is 1.07 bits per heavy atom. The van der Waals surface area contributed by atoms with Crippen molar-refractivity contribution >= 4 is 23.4 Å². The number of hydrogen-bond donors (Lipinski definition) is 2. The summed E-state index contributed by atoms with van der Waals surface area (Å²) in [7, 11) is 2.97. The fraction of sp³-hybridized carbons (Fsp3) is 0.211. The molecule has 0 unspecified atom stereocenters. The Kier molecular flexibility index (Phi) is 5.37. The molecule has 2 aromatic rings. The highest BCUT2D eigenvalue weighted by molar-refractivity contribution is 6.22. The van der Waals surface area contributed by atoms with Gasteiger partial charge in [-0.2, -0.15) is 0 Å². The number of carbonyl (C=O) groups excluding carboxylic acids is 3. The molecule has 0 spiro atoms. The normalized spacial score (nSPS) is 16.4. The van der Waals surface area contributed by atoms with Crippen molar-refractivity contribution in [3.05, 3.63) is 54.1 Å². The van der Waals surface area contributed by atoms with Crippen LogP contribution in [0.15, 0.2) is 48.5 Å². The fourth-order valence-electron chi connectivity index (χ4n) is 2.82. The number of carbonyl (C=O) groups is 3. The molecule has 0 saturated carbocycles. The lowest BCUT2D eigenvalue weighted by molar-refractivity contribution is -0.121. The van der Waals surface area contributed by atoms with Crippen LogP contribution >= 0.6 is 0 Å². The Morgan fingerprint density at radius 2 is 1.85 bits per heavy atom. The van der Waals surface area contributed by atoms with Crippen molar-refractivity contribution in [2.24, 2.45) is 0 Å². The molecule has 1 atom stereocenters. The maximum absolute atomic E-state index is 12.6. The summed E-state index contributed by atoms with van der Waals surface area (Å²) in [5, 5.41) is 0. The topological polar surface area (TPSA) is 97.0 Å². The zero-order valence-corrected chi connectivity index (χ0v) is 14.9. The summed E-state index contributed by atoms with van der Waals surface area (Å²) >= 11 is 0. The first-order chi connectivity index (χ1) is 13.0. The van der Waals surface area contributed by atoms with Gasteiger partial charge in [0.25, 0.3) is 11.8 Å². The van der Waals surface area contributed by atoms with Gasteiger partial charge in [-0.25, -0.2) is 10.3 Å². The summed E-state index contributed by atoms with van der Waals surface area (Å²) in [6.07, 6.45) is -0.0672. The minimum Gasteiger partial charge on any atom is -0.497 e. The summed E-state index contributed by atoms with van der Waals surface area (Å²) in [5.74, 6) is -0.337.